The number of aromatic nitrogens is 2. The van der Waals surface area contributed by atoms with Crippen LogP contribution < -0.4 is 0 Å². The number of hydrogen-bond acceptors (Lipinski definition) is 3. The summed E-state index contributed by atoms with van der Waals surface area (Å²) in [7, 11) is 1.68. The van der Waals surface area contributed by atoms with E-state index < -0.39 is 0 Å². The smallest absolute Gasteiger partial charge is 0.257 e. The Labute approximate surface area is 154 Å². The highest BCUT2D eigenvalue weighted by Gasteiger charge is 2.34. The van der Waals surface area contributed by atoms with Crippen molar-refractivity contribution >= 4 is 11.8 Å². The predicted octanol–water partition coefficient (Wildman–Crippen LogP) is 2.69. The summed E-state index contributed by atoms with van der Waals surface area (Å²) in [4.78, 5) is 28.5. The Balaban J connectivity index is 1.84. The number of para-hydroxylation sites is 1. The van der Waals surface area contributed by atoms with Crippen LogP contribution in [0.3, 0.4) is 0 Å². The van der Waals surface area contributed by atoms with Crippen LogP contribution in [-0.2, 0) is 4.79 Å². The monoisotopic (exact) mass is 354 g/mol. The molecule has 1 heterocycles. The van der Waals surface area contributed by atoms with Crippen LogP contribution in [0.1, 0.15) is 48.7 Å². The van der Waals surface area contributed by atoms with Gasteiger partial charge in [0, 0.05) is 26.1 Å². The normalized spacial score (nSPS) is 13.5. The minimum Gasteiger partial charge on any atom is -0.342 e. The van der Waals surface area contributed by atoms with E-state index >= 15 is 0 Å². The molecule has 6 heteroatoms. The molecular formula is C20H26N4O2. The number of carbonyl (C=O) groups excluding carboxylic acids is 2. The van der Waals surface area contributed by atoms with Gasteiger partial charge in [-0.05, 0) is 38.8 Å². The van der Waals surface area contributed by atoms with Gasteiger partial charge >= 0.3 is 0 Å². The lowest BCUT2D eigenvalue weighted by atomic mass is 10.1. The number of nitrogens with zero attached hydrogens (tertiary/aromatic N) is 4. The summed E-state index contributed by atoms with van der Waals surface area (Å²) < 4.78 is 1.87. The van der Waals surface area contributed by atoms with Gasteiger partial charge in [0.15, 0.2) is 0 Å². The Hall–Kier alpha value is -2.63. The Morgan fingerprint density at radius 3 is 2.38 bits per heavy atom. The van der Waals surface area contributed by atoms with Crippen LogP contribution in [0, 0.1) is 0 Å². The van der Waals surface area contributed by atoms with Gasteiger partial charge in [0.2, 0.25) is 5.91 Å². The van der Waals surface area contributed by atoms with E-state index in [1.807, 2.05) is 48.9 Å². The maximum atomic E-state index is 13.0. The molecule has 0 spiro atoms. The summed E-state index contributed by atoms with van der Waals surface area (Å²) in [6, 6.07) is 9.86. The van der Waals surface area contributed by atoms with Crippen molar-refractivity contribution in [2.24, 2.45) is 0 Å². The largest absolute Gasteiger partial charge is 0.342 e. The van der Waals surface area contributed by atoms with E-state index in [1.165, 1.54) is 4.90 Å². The van der Waals surface area contributed by atoms with Crippen LogP contribution in [0.5, 0.6) is 0 Å². The van der Waals surface area contributed by atoms with Gasteiger partial charge in [-0.25, -0.2) is 4.68 Å². The molecule has 2 aromatic rings. The lowest BCUT2D eigenvalue weighted by molar-refractivity contribution is -0.131. The molecule has 0 saturated heterocycles. The standard InChI is InChI=1S/C20H26N4O2/c1-4-23(5-2)18(25)14-22(3)20(26)17-13-21-24(19(17)15-11-12-15)16-9-7-6-8-10-16/h6-10,13,15H,4-5,11-12,14H2,1-3H3. The molecule has 0 aliphatic heterocycles. The van der Waals surface area contributed by atoms with Gasteiger partial charge in [-0.1, -0.05) is 18.2 Å². The van der Waals surface area contributed by atoms with Gasteiger partial charge in [-0.15, -0.1) is 0 Å². The number of rotatable bonds is 7. The molecular weight excluding hydrogens is 328 g/mol. The summed E-state index contributed by atoms with van der Waals surface area (Å²) in [5.74, 6) is 0.187. The van der Waals surface area contributed by atoms with Crippen molar-refractivity contribution in [2.45, 2.75) is 32.6 Å². The van der Waals surface area contributed by atoms with Crippen LogP contribution in [0.15, 0.2) is 36.5 Å². The highest BCUT2D eigenvalue weighted by Crippen LogP contribution is 2.42. The highest BCUT2D eigenvalue weighted by molar-refractivity contribution is 5.97. The molecule has 3 rings (SSSR count). The molecule has 6 nitrogen and oxygen atoms in total. The molecule has 0 unspecified atom stereocenters. The zero-order valence-corrected chi connectivity index (χ0v) is 15.7. The molecule has 1 aromatic heterocycles. The second-order valence-corrected chi connectivity index (χ2v) is 6.69. The molecule has 0 bridgehead atoms. The molecule has 26 heavy (non-hydrogen) atoms. The van der Waals surface area contributed by atoms with Gasteiger partial charge in [0.1, 0.15) is 0 Å². The first-order valence-electron chi connectivity index (χ1n) is 9.23. The van der Waals surface area contributed by atoms with Gasteiger partial charge in [-0.3, -0.25) is 9.59 Å². The minimum atomic E-state index is -0.144. The van der Waals surface area contributed by atoms with Gasteiger partial charge in [-0.2, -0.15) is 5.10 Å². The molecule has 0 atom stereocenters. The molecule has 1 aliphatic carbocycles. The third-order valence-corrected chi connectivity index (χ3v) is 4.84. The van der Waals surface area contributed by atoms with E-state index in [0.717, 1.165) is 24.2 Å². The lowest BCUT2D eigenvalue weighted by Crippen LogP contribution is -2.41. The van der Waals surface area contributed by atoms with Crippen molar-refractivity contribution < 1.29 is 9.59 Å². The van der Waals surface area contributed by atoms with Crippen molar-refractivity contribution in [3.8, 4) is 5.69 Å². The van der Waals surface area contributed by atoms with Crippen LogP contribution in [0.25, 0.3) is 5.69 Å². The van der Waals surface area contributed by atoms with E-state index in [4.69, 9.17) is 0 Å². The van der Waals surface area contributed by atoms with Crippen LogP contribution in [-0.4, -0.2) is 58.1 Å². The van der Waals surface area contributed by atoms with Crippen molar-refractivity contribution in [3.05, 3.63) is 47.8 Å². The van der Waals surface area contributed by atoms with Gasteiger partial charge in [0.05, 0.1) is 29.7 Å². The van der Waals surface area contributed by atoms with Crippen LogP contribution in [0.2, 0.25) is 0 Å². The van der Waals surface area contributed by atoms with Gasteiger partial charge < -0.3 is 9.80 Å². The number of amides is 2. The maximum absolute atomic E-state index is 13.0. The van der Waals surface area contributed by atoms with Gasteiger partial charge in [0.25, 0.3) is 5.91 Å². The molecule has 0 radical (unpaired) electrons. The number of benzene rings is 1. The number of likely N-dealkylation sites (N-methyl/N-ethyl adjacent to an activating group) is 2. The van der Waals surface area contributed by atoms with E-state index in [1.54, 1.807) is 18.1 Å². The second kappa shape index (κ2) is 7.72. The van der Waals surface area contributed by atoms with Crippen molar-refractivity contribution in [1.29, 1.82) is 0 Å². The fourth-order valence-electron chi connectivity index (χ4n) is 3.20. The van der Waals surface area contributed by atoms with E-state index in [0.29, 0.717) is 24.6 Å². The Bertz CT molecular complexity index is 776. The van der Waals surface area contributed by atoms with E-state index in [9.17, 15) is 9.59 Å². The zero-order valence-electron chi connectivity index (χ0n) is 15.7. The SMILES string of the molecule is CCN(CC)C(=O)CN(C)C(=O)c1cnn(-c2ccccc2)c1C1CC1. The fraction of sp³-hybridized carbons (Fsp3) is 0.450. The number of hydrogen-bond donors (Lipinski definition) is 0. The summed E-state index contributed by atoms with van der Waals surface area (Å²) in [6.45, 7) is 5.27. The van der Waals surface area contributed by atoms with Crippen LogP contribution in [0.4, 0.5) is 0 Å². The van der Waals surface area contributed by atoms with E-state index in [2.05, 4.69) is 5.10 Å². The summed E-state index contributed by atoms with van der Waals surface area (Å²) >= 11 is 0. The number of carbonyl (C=O) groups is 2. The first-order chi connectivity index (χ1) is 12.6. The third kappa shape index (κ3) is 3.64. The minimum absolute atomic E-state index is 0.0331. The van der Waals surface area contributed by atoms with E-state index in [-0.39, 0.29) is 18.4 Å². The highest BCUT2D eigenvalue weighted by atomic mass is 16.2. The summed E-state index contributed by atoms with van der Waals surface area (Å²) in [5, 5.41) is 4.47. The quantitative estimate of drug-likeness (QED) is 0.768. The fourth-order valence-corrected chi connectivity index (χ4v) is 3.20. The molecule has 1 aromatic carbocycles. The molecule has 1 fully saturated rings. The maximum Gasteiger partial charge on any atom is 0.257 e. The first kappa shape index (κ1) is 18.2. The average molecular weight is 354 g/mol. The third-order valence-electron chi connectivity index (χ3n) is 4.84. The van der Waals surface area contributed by atoms with Crippen molar-refractivity contribution in [3.63, 3.8) is 0 Å². The molecule has 0 N–H and O–H groups in total. The summed E-state index contributed by atoms with van der Waals surface area (Å²) in [6.07, 6.45) is 3.78. The lowest BCUT2D eigenvalue weighted by Gasteiger charge is -2.23. The van der Waals surface area contributed by atoms with Crippen molar-refractivity contribution in [1.82, 2.24) is 19.6 Å². The van der Waals surface area contributed by atoms with Crippen LogP contribution >= 0.6 is 0 Å². The first-order valence-corrected chi connectivity index (χ1v) is 9.23. The molecule has 138 valence electrons. The van der Waals surface area contributed by atoms with Crippen molar-refractivity contribution in [2.75, 3.05) is 26.7 Å². The molecule has 2 amide bonds. The molecule has 1 saturated carbocycles. The second-order valence-electron chi connectivity index (χ2n) is 6.69. The Morgan fingerprint density at radius 1 is 1.15 bits per heavy atom. The summed E-state index contributed by atoms with van der Waals surface area (Å²) in [5.41, 5.74) is 2.52. The Kier molecular flexibility index (Phi) is 5.40. The Morgan fingerprint density at radius 2 is 1.81 bits per heavy atom. The molecule has 1 aliphatic rings. The topological polar surface area (TPSA) is 58.4 Å². The average Bonchev–Trinajstić information content (AvgIpc) is 3.40. The predicted molar refractivity (Wildman–Crippen MR) is 100 cm³/mol. The zero-order chi connectivity index (χ0) is 18.7.